The van der Waals surface area contributed by atoms with Gasteiger partial charge in [0.25, 0.3) is 0 Å². The fraction of sp³-hybridized carbons (Fsp3) is 0.400. The lowest BCUT2D eigenvalue weighted by Gasteiger charge is -2.27. The SMILES string of the molecule is CC1(O)C=C(O)NC(=S)N1. The van der Waals surface area contributed by atoms with E-state index in [4.69, 9.17) is 5.11 Å². The fourth-order valence-corrected chi connectivity index (χ4v) is 1.03. The number of hydrogen-bond acceptors (Lipinski definition) is 3. The van der Waals surface area contributed by atoms with Gasteiger partial charge in [0, 0.05) is 6.08 Å². The topological polar surface area (TPSA) is 64.5 Å². The molecule has 0 spiro atoms. The van der Waals surface area contributed by atoms with Crippen molar-refractivity contribution >= 4 is 17.3 Å². The Morgan fingerprint density at radius 1 is 1.70 bits per heavy atom. The molecule has 1 atom stereocenters. The first-order valence-electron chi connectivity index (χ1n) is 2.73. The van der Waals surface area contributed by atoms with Crippen molar-refractivity contribution in [2.75, 3.05) is 0 Å². The number of thiocarbonyl (C=S) groups is 1. The third kappa shape index (κ3) is 1.58. The summed E-state index contributed by atoms with van der Waals surface area (Å²) in [6, 6.07) is 0. The molecule has 1 aliphatic rings. The van der Waals surface area contributed by atoms with Crippen LogP contribution in [0, 0.1) is 0 Å². The second-order valence-electron chi connectivity index (χ2n) is 2.26. The molecule has 1 aliphatic heterocycles. The molecule has 0 aromatic rings. The van der Waals surface area contributed by atoms with Crippen LogP contribution in [0.2, 0.25) is 0 Å². The first kappa shape index (κ1) is 7.30. The van der Waals surface area contributed by atoms with Crippen molar-refractivity contribution < 1.29 is 10.2 Å². The Kier molecular flexibility index (Phi) is 1.53. The van der Waals surface area contributed by atoms with Crippen LogP contribution in [0.1, 0.15) is 6.92 Å². The molecule has 1 rings (SSSR count). The lowest BCUT2D eigenvalue weighted by molar-refractivity contribution is 0.0862. The highest BCUT2D eigenvalue weighted by atomic mass is 32.1. The largest absolute Gasteiger partial charge is 0.495 e. The minimum absolute atomic E-state index is 0.131. The van der Waals surface area contributed by atoms with Gasteiger partial charge in [-0.1, -0.05) is 0 Å². The monoisotopic (exact) mass is 160 g/mol. The van der Waals surface area contributed by atoms with Crippen LogP contribution in [0.3, 0.4) is 0 Å². The van der Waals surface area contributed by atoms with Gasteiger partial charge < -0.3 is 20.8 Å². The van der Waals surface area contributed by atoms with Gasteiger partial charge in [0.15, 0.2) is 16.7 Å². The number of rotatable bonds is 0. The molecule has 5 heteroatoms. The maximum atomic E-state index is 9.24. The molecule has 10 heavy (non-hydrogen) atoms. The van der Waals surface area contributed by atoms with Crippen LogP contribution in [0.15, 0.2) is 12.0 Å². The van der Waals surface area contributed by atoms with E-state index < -0.39 is 5.72 Å². The van der Waals surface area contributed by atoms with Gasteiger partial charge >= 0.3 is 0 Å². The highest BCUT2D eigenvalue weighted by molar-refractivity contribution is 7.80. The van der Waals surface area contributed by atoms with Gasteiger partial charge in [0.1, 0.15) is 0 Å². The number of aliphatic hydroxyl groups excluding tert-OH is 1. The molecule has 0 amide bonds. The Balaban J connectivity index is 2.83. The van der Waals surface area contributed by atoms with Crippen LogP contribution in [0.4, 0.5) is 0 Å². The van der Waals surface area contributed by atoms with Gasteiger partial charge in [0.05, 0.1) is 0 Å². The molecule has 0 saturated heterocycles. The van der Waals surface area contributed by atoms with Crippen LogP contribution >= 0.6 is 12.2 Å². The zero-order chi connectivity index (χ0) is 7.78. The van der Waals surface area contributed by atoms with Gasteiger partial charge in [-0.25, -0.2) is 0 Å². The van der Waals surface area contributed by atoms with Crippen molar-refractivity contribution in [1.29, 1.82) is 0 Å². The van der Waals surface area contributed by atoms with E-state index in [9.17, 15) is 5.11 Å². The number of hydrogen-bond donors (Lipinski definition) is 4. The average Bonchev–Trinajstić information content (AvgIpc) is 1.54. The fourth-order valence-electron chi connectivity index (χ4n) is 0.716. The maximum absolute atomic E-state index is 9.24. The first-order chi connectivity index (χ1) is 4.49. The summed E-state index contributed by atoms with van der Waals surface area (Å²) in [6.07, 6.45) is 1.23. The summed E-state index contributed by atoms with van der Waals surface area (Å²) in [5.74, 6) is -0.131. The molecule has 1 heterocycles. The molecule has 0 aromatic carbocycles. The standard InChI is InChI=1S/C5H8N2O2S/c1-5(9)2-3(8)6-4(10)7-5/h2,8-9H,1H3,(H2,6,7,10). The van der Waals surface area contributed by atoms with E-state index in [0.29, 0.717) is 0 Å². The molecule has 0 radical (unpaired) electrons. The smallest absolute Gasteiger partial charge is 0.191 e. The summed E-state index contributed by atoms with van der Waals surface area (Å²) < 4.78 is 0. The quantitative estimate of drug-likeness (QED) is 0.362. The lowest BCUT2D eigenvalue weighted by Crippen LogP contribution is -2.53. The van der Waals surface area contributed by atoms with Crippen LogP contribution in [0.5, 0.6) is 0 Å². The Hall–Kier alpha value is -0.810. The highest BCUT2D eigenvalue weighted by Crippen LogP contribution is 2.06. The van der Waals surface area contributed by atoms with E-state index >= 15 is 0 Å². The van der Waals surface area contributed by atoms with E-state index in [-0.39, 0.29) is 11.0 Å². The van der Waals surface area contributed by atoms with Crippen molar-refractivity contribution in [1.82, 2.24) is 10.6 Å². The molecule has 4 nitrogen and oxygen atoms in total. The van der Waals surface area contributed by atoms with E-state index in [1.807, 2.05) is 0 Å². The molecular formula is C5H8N2O2S. The molecule has 0 aliphatic carbocycles. The number of aliphatic hydroxyl groups is 2. The highest BCUT2D eigenvalue weighted by Gasteiger charge is 2.23. The molecule has 0 aromatic heterocycles. The van der Waals surface area contributed by atoms with Gasteiger partial charge in [-0.15, -0.1) is 0 Å². The first-order valence-corrected chi connectivity index (χ1v) is 3.14. The van der Waals surface area contributed by atoms with Gasteiger partial charge in [0.2, 0.25) is 0 Å². The predicted octanol–water partition coefficient (Wildman–Crippen LogP) is -0.428. The minimum atomic E-state index is -1.24. The second-order valence-corrected chi connectivity index (χ2v) is 2.66. The summed E-state index contributed by atoms with van der Waals surface area (Å²) in [5.41, 5.74) is -1.24. The van der Waals surface area contributed by atoms with Crippen LogP contribution in [-0.4, -0.2) is 21.1 Å². The Morgan fingerprint density at radius 2 is 2.30 bits per heavy atom. The third-order valence-electron chi connectivity index (χ3n) is 1.03. The van der Waals surface area contributed by atoms with Crippen molar-refractivity contribution in [3.05, 3.63) is 12.0 Å². The van der Waals surface area contributed by atoms with Crippen molar-refractivity contribution in [3.63, 3.8) is 0 Å². The van der Waals surface area contributed by atoms with Gasteiger partial charge in [-0.3, -0.25) is 0 Å². The maximum Gasteiger partial charge on any atom is 0.191 e. The number of nitrogens with one attached hydrogen (secondary N) is 2. The van der Waals surface area contributed by atoms with Gasteiger partial charge in [-0.2, -0.15) is 0 Å². The summed E-state index contributed by atoms with van der Waals surface area (Å²) >= 11 is 4.65. The summed E-state index contributed by atoms with van der Waals surface area (Å²) in [6.45, 7) is 1.48. The van der Waals surface area contributed by atoms with Crippen LogP contribution < -0.4 is 10.6 Å². The molecule has 56 valence electrons. The predicted molar refractivity (Wildman–Crippen MR) is 40.2 cm³/mol. The molecule has 1 unspecified atom stereocenters. The second kappa shape index (κ2) is 2.10. The van der Waals surface area contributed by atoms with E-state index in [1.165, 1.54) is 13.0 Å². The summed E-state index contributed by atoms with van der Waals surface area (Å²) in [4.78, 5) is 0. The molecule has 0 saturated carbocycles. The van der Waals surface area contributed by atoms with E-state index in [1.54, 1.807) is 0 Å². The molecule has 0 bridgehead atoms. The van der Waals surface area contributed by atoms with E-state index in [0.717, 1.165) is 0 Å². The Labute approximate surface area is 63.6 Å². The third-order valence-corrected chi connectivity index (χ3v) is 1.23. The zero-order valence-electron chi connectivity index (χ0n) is 5.38. The van der Waals surface area contributed by atoms with Gasteiger partial charge in [-0.05, 0) is 19.1 Å². The van der Waals surface area contributed by atoms with Crippen LogP contribution in [0.25, 0.3) is 0 Å². The Bertz CT molecular complexity index is 200. The molecule has 0 fully saturated rings. The van der Waals surface area contributed by atoms with Crippen molar-refractivity contribution in [2.45, 2.75) is 12.6 Å². The average molecular weight is 160 g/mol. The normalized spacial score (nSPS) is 32.2. The van der Waals surface area contributed by atoms with E-state index in [2.05, 4.69) is 22.9 Å². The molecule has 4 N–H and O–H groups in total. The van der Waals surface area contributed by atoms with Crippen LogP contribution in [-0.2, 0) is 0 Å². The zero-order valence-corrected chi connectivity index (χ0v) is 6.20. The van der Waals surface area contributed by atoms with Crippen molar-refractivity contribution in [3.8, 4) is 0 Å². The van der Waals surface area contributed by atoms with Crippen molar-refractivity contribution in [2.24, 2.45) is 0 Å². The summed E-state index contributed by atoms with van der Waals surface area (Å²) in [5, 5.41) is 23.3. The molecular weight excluding hydrogens is 152 g/mol. The Morgan fingerprint density at radius 3 is 2.70 bits per heavy atom. The summed E-state index contributed by atoms with van der Waals surface area (Å²) in [7, 11) is 0. The lowest BCUT2D eigenvalue weighted by atomic mass is 10.2. The minimum Gasteiger partial charge on any atom is -0.495 e.